The van der Waals surface area contributed by atoms with Crippen LogP contribution in [-0.4, -0.2) is 29.5 Å². The lowest BCUT2D eigenvalue weighted by molar-refractivity contribution is 0.607. The zero-order valence-corrected chi connectivity index (χ0v) is 21.2. The van der Waals surface area contributed by atoms with E-state index in [1.165, 1.54) is 12.4 Å². The highest BCUT2D eigenvalue weighted by atomic mass is 19.1. The van der Waals surface area contributed by atoms with E-state index < -0.39 is 11.9 Å². The average Bonchev–Trinajstić information content (AvgIpc) is 3.82. The molecule has 0 aliphatic heterocycles. The standard InChI is InChI=1S/C30H23FN8O/c31-21-9-5-10-22-25(21)27(36-16-35-22)38-26(17-12-13-17)28-37-23-11-4-8-20(18-14-33-30(32)34-15-18)24(23)29(40)39(28)19-6-2-1-3-7-19/h1-11,14-17,26H,12-13H2,(H2,32,33,34)(H,35,36,38)/t26-/m0/s1. The van der Waals surface area contributed by atoms with Crippen LogP contribution in [-0.2, 0) is 0 Å². The lowest BCUT2D eigenvalue weighted by Gasteiger charge is -2.24. The fraction of sp³-hybridized carbons (Fsp3) is 0.133. The predicted molar refractivity (Wildman–Crippen MR) is 151 cm³/mol. The van der Waals surface area contributed by atoms with Crippen LogP contribution in [0.2, 0.25) is 0 Å². The molecule has 7 rings (SSSR count). The molecule has 6 aromatic rings. The number of hydrogen-bond acceptors (Lipinski definition) is 8. The summed E-state index contributed by atoms with van der Waals surface area (Å²) in [7, 11) is 0. The van der Waals surface area contributed by atoms with E-state index in [0.717, 1.165) is 12.8 Å². The molecule has 3 N–H and O–H groups in total. The van der Waals surface area contributed by atoms with Crippen molar-refractivity contribution in [3.63, 3.8) is 0 Å². The van der Waals surface area contributed by atoms with Crippen LogP contribution < -0.4 is 16.6 Å². The monoisotopic (exact) mass is 530 g/mol. The first kappa shape index (κ1) is 23.8. The van der Waals surface area contributed by atoms with Gasteiger partial charge in [0.15, 0.2) is 0 Å². The van der Waals surface area contributed by atoms with E-state index in [4.69, 9.17) is 10.7 Å². The predicted octanol–water partition coefficient (Wildman–Crippen LogP) is 5.07. The van der Waals surface area contributed by atoms with Crippen molar-refractivity contribution in [3.8, 4) is 16.8 Å². The van der Waals surface area contributed by atoms with Gasteiger partial charge in [0, 0.05) is 18.0 Å². The highest BCUT2D eigenvalue weighted by molar-refractivity contribution is 5.94. The van der Waals surface area contributed by atoms with Gasteiger partial charge in [0.25, 0.3) is 5.56 Å². The molecule has 1 aliphatic carbocycles. The van der Waals surface area contributed by atoms with Gasteiger partial charge in [-0.1, -0.05) is 36.4 Å². The summed E-state index contributed by atoms with van der Waals surface area (Å²) in [4.78, 5) is 36.3. The Balaban J connectivity index is 1.47. The maximum absolute atomic E-state index is 15.0. The number of rotatable bonds is 6. The van der Waals surface area contributed by atoms with Crippen LogP contribution in [0.1, 0.15) is 24.7 Å². The molecule has 40 heavy (non-hydrogen) atoms. The number of aromatic nitrogens is 6. The van der Waals surface area contributed by atoms with Gasteiger partial charge in [-0.2, -0.15) is 0 Å². The molecule has 0 bridgehead atoms. The van der Waals surface area contributed by atoms with Gasteiger partial charge in [0.05, 0.1) is 33.5 Å². The summed E-state index contributed by atoms with van der Waals surface area (Å²) in [5.74, 6) is 0.807. The topological polar surface area (TPSA) is 124 Å². The van der Waals surface area contributed by atoms with E-state index in [1.807, 2.05) is 48.5 Å². The number of para-hydroxylation sites is 1. The first-order valence-electron chi connectivity index (χ1n) is 12.9. The van der Waals surface area contributed by atoms with Gasteiger partial charge in [0.1, 0.15) is 23.8 Å². The third-order valence-corrected chi connectivity index (χ3v) is 7.20. The first-order valence-corrected chi connectivity index (χ1v) is 12.9. The van der Waals surface area contributed by atoms with Gasteiger partial charge in [-0.25, -0.2) is 29.3 Å². The van der Waals surface area contributed by atoms with Crippen molar-refractivity contribution in [1.29, 1.82) is 0 Å². The number of hydrogen-bond donors (Lipinski definition) is 2. The Morgan fingerprint density at radius 2 is 1.62 bits per heavy atom. The van der Waals surface area contributed by atoms with Crippen LogP contribution in [0.4, 0.5) is 16.2 Å². The number of benzene rings is 3. The fourth-order valence-corrected chi connectivity index (χ4v) is 5.15. The molecule has 1 aliphatic rings. The molecule has 3 aromatic carbocycles. The van der Waals surface area contributed by atoms with Crippen LogP contribution in [0.15, 0.2) is 90.2 Å². The molecule has 0 unspecified atom stereocenters. The summed E-state index contributed by atoms with van der Waals surface area (Å²) < 4.78 is 16.6. The second-order valence-corrected chi connectivity index (χ2v) is 9.79. The number of nitrogens with one attached hydrogen (secondary N) is 1. The van der Waals surface area contributed by atoms with Gasteiger partial charge < -0.3 is 11.1 Å². The lowest BCUT2D eigenvalue weighted by Crippen LogP contribution is -2.29. The molecule has 0 radical (unpaired) electrons. The van der Waals surface area contributed by atoms with Crippen LogP contribution >= 0.6 is 0 Å². The summed E-state index contributed by atoms with van der Waals surface area (Å²) in [5, 5.41) is 4.19. The van der Waals surface area contributed by atoms with E-state index in [0.29, 0.717) is 50.3 Å². The third kappa shape index (κ3) is 4.10. The summed E-state index contributed by atoms with van der Waals surface area (Å²) >= 11 is 0. The number of nitrogens with zero attached hydrogens (tertiary/aromatic N) is 6. The van der Waals surface area contributed by atoms with Gasteiger partial charge in [-0.3, -0.25) is 9.36 Å². The zero-order chi connectivity index (χ0) is 27.2. The van der Waals surface area contributed by atoms with Crippen molar-refractivity contribution in [3.05, 3.63) is 107 Å². The van der Waals surface area contributed by atoms with Crippen molar-refractivity contribution in [2.75, 3.05) is 11.1 Å². The Labute approximate surface area is 227 Å². The SMILES string of the molecule is Nc1ncc(-c2cccc3nc([C@@H](Nc4ncnc5cccc(F)c45)C4CC4)n(-c4ccccc4)c(=O)c23)cn1. The van der Waals surface area contributed by atoms with Crippen molar-refractivity contribution in [2.24, 2.45) is 5.92 Å². The highest BCUT2D eigenvalue weighted by Crippen LogP contribution is 2.43. The van der Waals surface area contributed by atoms with E-state index in [-0.39, 0.29) is 17.4 Å². The molecular formula is C30H23FN8O. The molecule has 10 heteroatoms. The molecule has 0 spiro atoms. The minimum atomic E-state index is -0.419. The Morgan fingerprint density at radius 1 is 0.875 bits per heavy atom. The lowest BCUT2D eigenvalue weighted by atomic mass is 10.0. The minimum Gasteiger partial charge on any atom is -0.368 e. The molecule has 3 heterocycles. The maximum atomic E-state index is 15.0. The summed E-state index contributed by atoms with van der Waals surface area (Å²) in [6, 6.07) is 19.3. The van der Waals surface area contributed by atoms with E-state index in [9.17, 15) is 9.18 Å². The Hall–Kier alpha value is -5.25. The van der Waals surface area contributed by atoms with E-state index >= 15 is 0 Å². The largest absolute Gasteiger partial charge is 0.368 e. The van der Waals surface area contributed by atoms with Gasteiger partial charge in [-0.05, 0) is 54.7 Å². The Bertz CT molecular complexity index is 1930. The second kappa shape index (κ2) is 9.49. The number of nitrogen functional groups attached to an aromatic ring is 1. The molecule has 9 nitrogen and oxygen atoms in total. The normalized spacial score (nSPS) is 13.9. The van der Waals surface area contributed by atoms with Gasteiger partial charge >= 0.3 is 0 Å². The molecule has 1 saturated carbocycles. The summed E-state index contributed by atoms with van der Waals surface area (Å²) in [5.41, 5.74) is 8.49. The number of halogens is 1. The maximum Gasteiger partial charge on any atom is 0.266 e. The summed E-state index contributed by atoms with van der Waals surface area (Å²) in [6.07, 6.45) is 6.48. The van der Waals surface area contributed by atoms with Crippen LogP contribution in [0.25, 0.3) is 38.6 Å². The second-order valence-electron chi connectivity index (χ2n) is 9.79. The van der Waals surface area contributed by atoms with E-state index in [1.54, 1.807) is 29.1 Å². The molecule has 0 saturated heterocycles. The molecule has 1 atom stereocenters. The van der Waals surface area contributed by atoms with Crippen molar-refractivity contribution >= 4 is 33.6 Å². The van der Waals surface area contributed by atoms with Gasteiger partial charge in [-0.15, -0.1) is 0 Å². The molecule has 1 fully saturated rings. The van der Waals surface area contributed by atoms with Crippen LogP contribution in [0.3, 0.4) is 0 Å². The van der Waals surface area contributed by atoms with Crippen LogP contribution in [0.5, 0.6) is 0 Å². The van der Waals surface area contributed by atoms with Crippen molar-refractivity contribution in [2.45, 2.75) is 18.9 Å². The highest BCUT2D eigenvalue weighted by Gasteiger charge is 2.37. The zero-order valence-electron chi connectivity index (χ0n) is 21.2. The van der Waals surface area contributed by atoms with Gasteiger partial charge in [0.2, 0.25) is 5.95 Å². The first-order chi connectivity index (χ1) is 19.6. The minimum absolute atomic E-state index is 0.151. The van der Waals surface area contributed by atoms with E-state index in [2.05, 4.69) is 25.3 Å². The molecule has 3 aromatic heterocycles. The quantitative estimate of drug-likeness (QED) is 0.306. The fourth-order valence-electron chi connectivity index (χ4n) is 5.15. The smallest absolute Gasteiger partial charge is 0.266 e. The third-order valence-electron chi connectivity index (χ3n) is 7.20. The number of nitrogens with two attached hydrogens (primary N) is 1. The molecule has 196 valence electrons. The van der Waals surface area contributed by atoms with Crippen molar-refractivity contribution < 1.29 is 4.39 Å². The van der Waals surface area contributed by atoms with Crippen molar-refractivity contribution in [1.82, 2.24) is 29.5 Å². The molecular weight excluding hydrogens is 507 g/mol. The Kier molecular flexibility index (Phi) is 5.66. The Morgan fingerprint density at radius 3 is 2.40 bits per heavy atom. The number of fused-ring (bicyclic) bond motifs is 2. The van der Waals surface area contributed by atoms with Crippen LogP contribution in [0, 0.1) is 11.7 Å². The average molecular weight is 531 g/mol. The molecule has 0 amide bonds. The number of anilines is 2. The summed E-state index contributed by atoms with van der Waals surface area (Å²) in [6.45, 7) is 0.